The molecule has 1 aromatic heterocycles. The topological polar surface area (TPSA) is 68.5 Å². The fraction of sp³-hybridized carbons (Fsp3) is 0.667. The van der Waals surface area contributed by atoms with Crippen molar-refractivity contribution in [3.05, 3.63) is 23.6 Å². The molecule has 0 N–H and O–H groups in total. The molecular formula is C15H21N3O3. The molecule has 1 atom stereocenters. The number of carbonyl (C=O) groups excluding carboxylic acids is 1. The summed E-state index contributed by atoms with van der Waals surface area (Å²) in [5, 5.41) is 4.07. The zero-order chi connectivity index (χ0) is 14.8. The van der Waals surface area contributed by atoms with Crippen molar-refractivity contribution < 1.29 is 14.1 Å². The fourth-order valence-electron chi connectivity index (χ4n) is 2.80. The first-order chi connectivity index (χ1) is 10.2. The average molecular weight is 291 g/mol. The third kappa shape index (κ3) is 2.80. The van der Waals surface area contributed by atoms with Gasteiger partial charge in [-0.15, -0.1) is 0 Å². The van der Waals surface area contributed by atoms with Crippen molar-refractivity contribution in [2.45, 2.75) is 51.5 Å². The van der Waals surface area contributed by atoms with Crippen molar-refractivity contribution >= 4 is 5.91 Å². The molecule has 2 aliphatic heterocycles. The van der Waals surface area contributed by atoms with Gasteiger partial charge in [-0.05, 0) is 25.7 Å². The molecule has 0 unspecified atom stereocenters. The number of hydrogen-bond acceptors (Lipinski definition) is 5. The number of aromatic nitrogens is 2. The van der Waals surface area contributed by atoms with Gasteiger partial charge in [-0.2, -0.15) is 4.98 Å². The van der Waals surface area contributed by atoms with Crippen molar-refractivity contribution in [3.63, 3.8) is 0 Å². The van der Waals surface area contributed by atoms with Crippen LogP contribution in [0.15, 0.2) is 16.4 Å². The predicted molar refractivity (Wildman–Crippen MR) is 75.3 cm³/mol. The largest absolute Gasteiger partial charge is 0.501 e. The molecule has 2 aliphatic rings. The van der Waals surface area contributed by atoms with E-state index in [-0.39, 0.29) is 17.9 Å². The van der Waals surface area contributed by atoms with Crippen LogP contribution in [0.4, 0.5) is 0 Å². The number of likely N-dealkylation sites (tertiary alicyclic amines) is 1. The number of rotatable bonds is 3. The van der Waals surface area contributed by atoms with E-state index in [9.17, 15) is 4.79 Å². The molecule has 1 amide bonds. The highest BCUT2D eigenvalue weighted by atomic mass is 16.5. The van der Waals surface area contributed by atoms with Crippen LogP contribution >= 0.6 is 0 Å². The second-order valence-electron chi connectivity index (χ2n) is 5.92. The van der Waals surface area contributed by atoms with Crippen LogP contribution in [0.3, 0.4) is 0 Å². The summed E-state index contributed by atoms with van der Waals surface area (Å²) >= 11 is 0. The molecule has 3 rings (SSSR count). The molecule has 0 spiro atoms. The van der Waals surface area contributed by atoms with E-state index in [2.05, 4.69) is 10.1 Å². The number of amides is 1. The van der Waals surface area contributed by atoms with E-state index >= 15 is 0 Å². The molecule has 3 heterocycles. The lowest BCUT2D eigenvalue weighted by Crippen LogP contribution is -2.33. The maximum atomic E-state index is 12.6. The maximum absolute atomic E-state index is 12.6. The lowest BCUT2D eigenvalue weighted by molar-refractivity contribution is -0.128. The van der Waals surface area contributed by atoms with Crippen LogP contribution in [0, 0.1) is 0 Å². The van der Waals surface area contributed by atoms with Gasteiger partial charge in [0.2, 0.25) is 5.89 Å². The van der Waals surface area contributed by atoms with Crippen molar-refractivity contribution in [1.29, 1.82) is 0 Å². The van der Waals surface area contributed by atoms with E-state index in [0.717, 1.165) is 37.8 Å². The van der Waals surface area contributed by atoms with Gasteiger partial charge < -0.3 is 14.2 Å². The zero-order valence-corrected chi connectivity index (χ0v) is 12.5. The second-order valence-corrected chi connectivity index (χ2v) is 5.92. The SMILES string of the molecule is CC(C)c1nc([C@H]2CCCN2C(=O)C2=COCCC2)no1. The monoisotopic (exact) mass is 291 g/mol. The van der Waals surface area contributed by atoms with Crippen LogP contribution in [-0.4, -0.2) is 34.1 Å². The van der Waals surface area contributed by atoms with Crippen LogP contribution in [0.5, 0.6) is 0 Å². The summed E-state index contributed by atoms with van der Waals surface area (Å²) in [7, 11) is 0. The average Bonchev–Trinajstić information content (AvgIpc) is 3.16. The summed E-state index contributed by atoms with van der Waals surface area (Å²) in [4.78, 5) is 18.9. The van der Waals surface area contributed by atoms with Crippen molar-refractivity contribution in [3.8, 4) is 0 Å². The molecule has 0 radical (unpaired) electrons. The molecule has 0 aromatic carbocycles. The van der Waals surface area contributed by atoms with E-state index in [1.165, 1.54) is 0 Å². The van der Waals surface area contributed by atoms with E-state index in [4.69, 9.17) is 9.26 Å². The Bertz CT molecular complexity index is 550. The minimum absolute atomic E-state index is 0.0492. The summed E-state index contributed by atoms with van der Waals surface area (Å²) in [6.45, 7) is 5.47. The lowest BCUT2D eigenvalue weighted by atomic mass is 10.1. The number of ether oxygens (including phenoxy) is 1. The standard InChI is InChI=1S/C15H21N3O3/c1-10(2)14-16-13(17-21-14)12-6-3-7-18(12)15(19)11-5-4-8-20-9-11/h9-10,12H,3-8H2,1-2H3/t12-/m1/s1. The first-order valence-corrected chi connectivity index (χ1v) is 7.62. The molecule has 21 heavy (non-hydrogen) atoms. The smallest absolute Gasteiger partial charge is 0.253 e. The van der Waals surface area contributed by atoms with Crippen LogP contribution in [0.1, 0.15) is 63.2 Å². The number of hydrogen-bond donors (Lipinski definition) is 0. The molecule has 0 saturated carbocycles. The van der Waals surface area contributed by atoms with Gasteiger partial charge in [0.25, 0.3) is 5.91 Å². The summed E-state index contributed by atoms with van der Waals surface area (Å²) < 4.78 is 10.6. The van der Waals surface area contributed by atoms with Crippen LogP contribution in [-0.2, 0) is 9.53 Å². The number of nitrogens with zero attached hydrogens (tertiary/aromatic N) is 3. The summed E-state index contributed by atoms with van der Waals surface area (Å²) in [6, 6.07) is -0.0726. The highest BCUT2D eigenvalue weighted by molar-refractivity contribution is 5.93. The molecule has 1 fully saturated rings. The van der Waals surface area contributed by atoms with Crippen LogP contribution in [0.25, 0.3) is 0 Å². The molecule has 6 nitrogen and oxygen atoms in total. The zero-order valence-electron chi connectivity index (χ0n) is 12.5. The van der Waals surface area contributed by atoms with Crippen LogP contribution < -0.4 is 0 Å². The minimum Gasteiger partial charge on any atom is -0.501 e. The van der Waals surface area contributed by atoms with Gasteiger partial charge in [0, 0.05) is 12.5 Å². The minimum atomic E-state index is -0.0726. The molecule has 0 bridgehead atoms. The third-order valence-electron chi connectivity index (χ3n) is 3.97. The van der Waals surface area contributed by atoms with Crippen LogP contribution in [0.2, 0.25) is 0 Å². The first-order valence-electron chi connectivity index (χ1n) is 7.62. The van der Waals surface area contributed by atoms with Crippen molar-refractivity contribution in [2.24, 2.45) is 0 Å². The van der Waals surface area contributed by atoms with Crippen molar-refractivity contribution in [1.82, 2.24) is 15.0 Å². The van der Waals surface area contributed by atoms with Gasteiger partial charge in [-0.25, -0.2) is 0 Å². The predicted octanol–water partition coefficient (Wildman–Crippen LogP) is 2.55. The Morgan fingerprint density at radius 1 is 1.43 bits per heavy atom. The molecule has 1 saturated heterocycles. The quantitative estimate of drug-likeness (QED) is 0.856. The Labute approximate surface area is 124 Å². The molecule has 1 aromatic rings. The fourth-order valence-corrected chi connectivity index (χ4v) is 2.80. The summed E-state index contributed by atoms with van der Waals surface area (Å²) in [5.74, 6) is 1.51. The van der Waals surface area contributed by atoms with Crippen molar-refractivity contribution in [2.75, 3.05) is 13.2 Å². The summed E-state index contributed by atoms with van der Waals surface area (Å²) in [6.07, 6.45) is 5.14. The Morgan fingerprint density at radius 3 is 2.95 bits per heavy atom. The normalized spacial score (nSPS) is 22.3. The Hall–Kier alpha value is -1.85. The Balaban J connectivity index is 1.78. The Kier molecular flexibility index (Phi) is 3.94. The Morgan fingerprint density at radius 2 is 2.29 bits per heavy atom. The van der Waals surface area contributed by atoms with E-state index in [1.54, 1.807) is 6.26 Å². The maximum Gasteiger partial charge on any atom is 0.253 e. The van der Waals surface area contributed by atoms with Gasteiger partial charge in [-0.1, -0.05) is 19.0 Å². The molecule has 0 aliphatic carbocycles. The highest BCUT2D eigenvalue weighted by Crippen LogP contribution is 2.33. The van der Waals surface area contributed by atoms with E-state index in [1.807, 2.05) is 18.7 Å². The van der Waals surface area contributed by atoms with Gasteiger partial charge in [0.1, 0.15) is 0 Å². The van der Waals surface area contributed by atoms with Gasteiger partial charge in [0.15, 0.2) is 5.82 Å². The molecule has 114 valence electrons. The third-order valence-corrected chi connectivity index (χ3v) is 3.97. The first kappa shape index (κ1) is 14.1. The summed E-state index contributed by atoms with van der Waals surface area (Å²) in [5.41, 5.74) is 0.751. The van der Waals surface area contributed by atoms with Gasteiger partial charge in [0.05, 0.1) is 24.5 Å². The molecular weight excluding hydrogens is 270 g/mol. The van der Waals surface area contributed by atoms with E-state index in [0.29, 0.717) is 18.3 Å². The van der Waals surface area contributed by atoms with E-state index < -0.39 is 0 Å². The van der Waals surface area contributed by atoms with Gasteiger partial charge >= 0.3 is 0 Å². The van der Waals surface area contributed by atoms with Gasteiger partial charge in [-0.3, -0.25) is 4.79 Å². The molecule has 6 heteroatoms. The number of carbonyl (C=O) groups is 1. The highest BCUT2D eigenvalue weighted by Gasteiger charge is 2.35. The second kappa shape index (κ2) is 5.87. The lowest BCUT2D eigenvalue weighted by Gasteiger charge is -2.24.